The summed E-state index contributed by atoms with van der Waals surface area (Å²) in [4.78, 5) is 23.9. The van der Waals surface area contributed by atoms with Crippen LogP contribution in [0, 0.1) is 5.92 Å². The fourth-order valence-corrected chi connectivity index (χ4v) is 2.40. The Morgan fingerprint density at radius 2 is 2.21 bits per heavy atom. The molecule has 3 rings (SSSR count). The zero-order valence-electron chi connectivity index (χ0n) is 10.6. The molecule has 8 heteroatoms. The number of fused-ring (bicyclic) bond motifs is 3. The molecule has 3 aromatic heterocycles. The molecule has 100 valence electrons. The Hall–Kier alpha value is -1.70. The van der Waals surface area contributed by atoms with Gasteiger partial charge in [0.2, 0.25) is 0 Å². The number of hydrogen-bond donors (Lipinski definition) is 1. The van der Waals surface area contributed by atoms with Crippen molar-refractivity contribution in [1.82, 2.24) is 29.1 Å². The van der Waals surface area contributed by atoms with E-state index in [0.717, 1.165) is 6.42 Å². The minimum atomic E-state index is -0.209. The molecule has 0 amide bonds. The van der Waals surface area contributed by atoms with E-state index in [2.05, 4.69) is 49.8 Å². The number of nitrogens with one attached hydrogen (secondary N) is 1. The maximum atomic E-state index is 12.4. The molecule has 3 aromatic rings. The molecular weight excluding hydrogens is 312 g/mol. The molecule has 19 heavy (non-hydrogen) atoms. The van der Waals surface area contributed by atoms with E-state index >= 15 is 0 Å². The van der Waals surface area contributed by atoms with Gasteiger partial charge < -0.3 is 4.98 Å². The van der Waals surface area contributed by atoms with Gasteiger partial charge >= 0.3 is 5.69 Å². The second-order valence-corrected chi connectivity index (χ2v) is 5.59. The van der Waals surface area contributed by atoms with E-state index in [4.69, 9.17) is 0 Å². The monoisotopic (exact) mass is 324 g/mol. The number of nitrogens with zero attached hydrogens (tertiary/aromatic N) is 5. The summed E-state index contributed by atoms with van der Waals surface area (Å²) in [6.07, 6.45) is 2.28. The van der Waals surface area contributed by atoms with Crippen molar-refractivity contribution in [3.63, 3.8) is 0 Å². The van der Waals surface area contributed by atoms with Gasteiger partial charge in [0, 0.05) is 6.54 Å². The second kappa shape index (κ2) is 4.44. The number of aromatic nitrogens is 6. The topological polar surface area (TPSA) is 80.9 Å². The van der Waals surface area contributed by atoms with Crippen molar-refractivity contribution in [3.8, 4) is 0 Å². The maximum absolute atomic E-state index is 12.4. The van der Waals surface area contributed by atoms with E-state index in [-0.39, 0.29) is 5.69 Å². The zero-order chi connectivity index (χ0) is 13.6. The summed E-state index contributed by atoms with van der Waals surface area (Å²) in [5.41, 5.74) is 1.62. The number of rotatable bonds is 3. The van der Waals surface area contributed by atoms with Crippen LogP contribution in [0.15, 0.2) is 15.9 Å². The van der Waals surface area contributed by atoms with Gasteiger partial charge in [-0.15, -0.1) is 0 Å². The van der Waals surface area contributed by atoms with Gasteiger partial charge in [0.15, 0.2) is 16.0 Å². The van der Waals surface area contributed by atoms with Crippen molar-refractivity contribution in [2.45, 2.75) is 26.8 Å². The first kappa shape index (κ1) is 12.3. The minimum Gasteiger partial charge on any atom is -0.328 e. The number of H-pyrrole nitrogens is 1. The maximum Gasteiger partial charge on any atom is 0.352 e. The van der Waals surface area contributed by atoms with Gasteiger partial charge in [0.05, 0.1) is 0 Å². The molecule has 0 aliphatic heterocycles. The van der Waals surface area contributed by atoms with Gasteiger partial charge in [-0.1, -0.05) is 13.8 Å². The van der Waals surface area contributed by atoms with Crippen molar-refractivity contribution >= 4 is 32.7 Å². The molecular formula is C11H13BrN6O. The van der Waals surface area contributed by atoms with Gasteiger partial charge in [0.1, 0.15) is 11.8 Å². The van der Waals surface area contributed by atoms with Crippen LogP contribution in [0.25, 0.3) is 16.8 Å². The largest absolute Gasteiger partial charge is 0.352 e. The number of aryl methyl sites for hydroxylation is 1. The quantitative estimate of drug-likeness (QED) is 0.741. The summed E-state index contributed by atoms with van der Waals surface area (Å²) >= 11 is 3.30. The van der Waals surface area contributed by atoms with Crippen LogP contribution < -0.4 is 5.69 Å². The highest BCUT2D eigenvalue weighted by Gasteiger charge is 2.16. The Kier molecular flexibility index (Phi) is 2.89. The van der Waals surface area contributed by atoms with E-state index < -0.39 is 0 Å². The Morgan fingerprint density at radius 3 is 2.95 bits per heavy atom. The fourth-order valence-electron chi connectivity index (χ4n) is 2.03. The number of halogens is 1. The third kappa shape index (κ3) is 1.95. The number of hydrogen-bond acceptors (Lipinski definition) is 4. The van der Waals surface area contributed by atoms with Gasteiger partial charge in [-0.05, 0) is 28.3 Å². The van der Waals surface area contributed by atoms with Crippen LogP contribution >= 0.6 is 15.9 Å². The third-order valence-corrected chi connectivity index (χ3v) is 3.40. The molecule has 0 saturated heterocycles. The molecule has 0 aliphatic rings. The molecule has 0 bridgehead atoms. The van der Waals surface area contributed by atoms with Gasteiger partial charge in [-0.2, -0.15) is 9.61 Å². The van der Waals surface area contributed by atoms with Gasteiger partial charge in [-0.3, -0.25) is 4.57 Å². The molecule has 0 saturated carbocycles. The SMILES string of the molecule is CC(C)CCn1c(=O)n2ncnc2c2[nH]c(Br)nc21. The summed E-state index contributed by atoms with van der Waals surface area (Å²) < 4.78 is 3.52. The van der Waals surface area contributed by atoms with Crippen LogP contribution in [0.4, 0.5) is 0 Å². The van der Waals surface area contributed by atoms with Crippen molar-refractivity contribution in [3.05, 3.63) is 21.5 Å². The number of imidazole rings is 1. The van der Waals surface area contributed by atoms with E-state index in [1.54, 1.807) is 4.57 Å². The average Bonchev–Trinajstić information content (AvgIpc) is 2.94. The highest BCUT2D eigenvalue weighted by atomic mass is 79.9. The zero-order valence-corrected chi connectivity index (χ0v) is 12.2. The van der Waals surface area contributed by atoms with E-state index in [1.807, 2.05) is 0 Å². The molecule has 3 heterocycles. The Bertz CT molecular complexity index is 799. The lowest BCUT2D eigenvalue weighted by atomic mass is 10.1. The fraction of sp³-hybridized carbons (Fsp3) is 0.455. The van der Waals surface area contributed by atoms with Crippen molar-refractivity contribution < 1.29 is 0 Å². The van der Waals surface area contributed by atoms with Crippen LogP contribution in [0.3, 0.4) is 0 Å². The Morgan fingerprint density at radius 1 is 1.42 bits per heavy atom. The molecule has 0 spiro atoms. The van der Waals surface area contributed by atoms with Crippen molar-refractivity contribution in [1.29, 1.82) is 0 Å². The Labute approximate surface area is 116 Å². The van der Waals surface area contributed by atoms with E-state index in [1.165, 1.54) is 10.8 Å². The molecule has 7 nitrogen and oxygen atoms in total. The summed E-state index contributed by atoms with van der Waals surface area (Å²) in [7, 11) is 0. The van der Waals surface area contributed by atoms with Crippen LogP contribution in [-0.4, -0.2) is 29.1 Å². The van der Waals surface area contributed by atoms with Gasteiger partial charge in [-0.25, -0.2) is 14.8 Å². The first-order valence-corrected chi connectivity index (χ1v) is 6.85. The molecule has 0 radical (unpaired) electrons. The summed E-state index contributed by atoms with van der Waals surface area (Å²) in [5.74, 6) is 0.510. The summed E-state index contributed by atoms with van der Waals surface area (Å²) in [6.45, 7) is 4.85. The standard InChI is InChI=1S/C11H13BrN6O/c1-6(2)3-4-17-9-7(15-10(12)16-9)8-13-5-14-18(8)11(17)19/h5-6H,3-4H2,1-2H3,(H,15,16). The Balaban J connectivity index is 2.32. The smallest absolute Gasteiger partial charge is 0.328 e. The van der Waals surface area contributed by atoms with Crippen molar-refractivity contribution in [2.24, 2.45) is 5.92 Å². The third-order valence-electron chi connectivity index (χ3n) is 3.02. The molecule has 0 aromatic carbocycles. The lowest BCUT2D eigenvalue weighted by Crippen LogP contribution is -2.28. The molecule has 1 N–H and O–H groups in total. The molecule has 0 unspecified atom stereocenters. The lowest BCUT2D eigenvalue weighted by molar-refractivity contribution is 0.505. The predicted octanol–water partition coefficient (Wildman–Crippen LogP) is 1.58. The van der Waals surface area contributed by atoms with Crippen LogP contribution in [0.2, 0.25) is 0 Å². The molecule has 0 atom stereocenters. The number of aromatic amines is 1. The lowest BCUT2D eigenvalue weighted by Gasteiger charge is -2.08. The van der Waals surface area contributed by atoms with Crippen LogP contribution in [-0.2, 0) is 6.54 Å². The van der Waals surface area contributed by atoms with E-state index in [9.17, 15) is 4.79 Å². The van der Waals surface area contributed by atoms with Crippen LogP contribution in [0.1, 0.15) is 20.3 Å². The first-order chi connectivity index (χ1) is 9.08. The highest BCUT2D eigenvalue weighted by Crippen LogP contribution is 2.17. The van der Waals surface area contributed by atoms with Crippen molar-refractivity contribution in [2.75, 3.05) is 0 Å². The first-order valence-electron chi connectivity index (χ1n) is 6.05. The normalized spacial score (nSPS) is 12.0. The van der Waals surface area contributed by atoms with Gasteiger partial charge in [0.25, 0.3) is 0 Å². The minimum absolute atomic E-state index is 0.209. The summed E-state index contributed by atoms with van der Waals surface area (Å²) in [5, 5.41) is 3.97. The average molecular weight is 325 g/mol. The predicted molar refractivity (Wildman–Crippen MR) is 74.1 cm³/mol. The highest BCUT2D eigenvalue weighted by molar-refractivity contribution is 9.10. The second-order valence-electron chi connectivity index (χ2n) is 4.84. The van der Waals surface area contributed by atoms with Crippen LogP contribution in [0.5, 0.6) is 0 Å². The van der Waals surface area contributed by atoms with E-state index in [0.29, 0.717) is 34.0 Å². The summed E-state index contributed by atoms with van der Waals surface area (Å²) in [6, 6.07) is 0. The molecule has 0 aliphatic carbocycles. The molecule has 0 fully saturated rings.